The van der Waals surface area contributed by atoms with Crippen molar-refractivity contribution in [2.75, 3.05) is 5.32 Å². The summed E-state index contributed by atoms with van der Waals surface area (Å²) in [5, 5.41) is 10.9. The number of nitrogens with zero attached hydrogens (tertiary/aromatic N) is 1. The van der Waals surface area contributed by atoms with Crippen molar-refractivity contribution in [3.63, 3.8) is 0 Å². The molecule has 1 rings (SSSR count). The lowest BCUT2D eigenvalue weighted by Gasteiger charge is -2.12. The van der Waals surface area contributed by atoms with Gasteiger partial charge in [0.1, 0.15) is 11.9 Å². The van der Waals surface area contributed by atoms with Gasteiger partial charge < -0.3 is 10.4 Å². The van der Waals surface area contributed by atoms with Crippen molar-refractivity contribution in [1.82, 2.24) is 4.98 Å². The number of pyridine rings is 1. The van der Waals surface area contributed by atoms with E-state index in [-0.39, 0.29) is 5.82 Å². The topological polar surface area (TPSA) is 62.2 Å². The minimum absolute atomic E-state index is 0.121. The number of carboxylic acid groups (broad SMARTS) is 1. The number of hydrogen-bond acceptors (Lipinski definition) is 3. The van der Waals surface area contributed by atoms with Crippen LogP contribution in [0.2, 0.25) is 0 Å². The van der Waals surface area contributed by atoms with Crippen molar-refractivity contribution < 1.29 is 23.1 Å². The number of aromatic nitrogens is 1. The maximum Gasteiger partial charge on any atom is 0.416 e. The molecule has 88 valence electrons. The quantitative estimate of drug-likeness (QED) is 0.839. The highest BCUT2D eigenvalue weighted by Gasteiger charge is 2.30. The predicted molar refractivity (Wildman–Crippen MR) is 50.0 cm³/mol. The van der Waals surface area contributed by atoms with Crippen molar-refractivity contribution in [2.45, 2.75) is 19.1 Å². The van der Waals surface area contributed by atoms with Crippen molar-refractivity contribution in [2.24, 2.45) is 0 Å². The predicted octanol–water partition coefficient (Wildman–Crippen LogP) is 1.99. The van der Waals surface area contributed by atoms with Crippen molar-refractivity contribution >= 4 is 11.8 Å². The summed E-state index contributed by atoms with van der Waals surface area (Å²) in [7, 11) is 0. The summed E-state index contributed by atoms with van der Waals surface area (Å²) in [6.07, 6.45) is -3.49. The monoisotopic (exact) mass is 234 g/mol. The molecule has 0 aliphatic heterocycles. The van der Waals surface area contributed by atoms with Gasteiger partial charge in [-0.05, 0) is 19.1 Å². The van der Waals surface area contributed by atoms with Crippen LogP contribution in [0, 0.1) is 0 Å². The number of carbonyl (C=O) groups is 1. The first kappa shape index (κ1) is 12.3. The Kier molecular flexibility index (Phi) is 3.36. The first-order valence-corrected chi connectivity index (χ1v) is 4.33. The van der Waals surface area contributed by atoms with E-state index >= 15 is 0 Å². The van der Waals surface area contributed by atoms with Gasteiger partial charge >= 0.3 is 12.1 Å². The number of nitrogens with one attached hydrogen (secondary N) is 1. The molecule has 2 N–H and O–H groups in total. The molecule has 0 fully saturated rings. The van der Waals surface area contributed by atoms with Gasteiger partial charge in [-0.1, -0.05) is 0 Å². The summed E-state index contributed by atoms with van der Waals surface area (Å²) in [6.45, 7) is 1.31. The number of hydrogen-bond donors (Lipinski definition) is 2. The molecule has 0 bridgehead atoms. The van der Waals surface area contributed by atoms with E-state index in [1.165, 1.54) is 6.92 Å². The molecule has 1 atom stereocenters. The zero-order valence-corrected chi connectivity index (χ0v) is 8.25. The van der Waals surface area contributed by atoms with E-state index in [2.05, 4.69) is 10.3 Å². The zero-order valence-electron chi connectivity index (χ0n) is 8.25. The van der Waals surface area contributed by atoms with E-state index in [0.29, 0.717) is 0 Å². The lowest BCUT2D eigenvalue weighted by Crippen LogP contribution is -2.26. The highest BCUT2D eigenvalue weighted by Crippen LogP contribution is 2.29. The second-order valence-corrected chi connectivity index (χ2v) is 3.13. The van der Waals surface area contributed by atoms with Crippen LogP contribution in [-0.2, 0) is 11.0 Å². The smallest absolute Gasteiger partial charge is 0.416 e. The van der Waals surface area contributed by atoms with Crippen molar-refractivity contribution in [1.29, 1.82) is 0 Å². The summed E-state index contributed by atoms with van der Waals surface area (Å²) in [6, 6.07) is 0.576. The molecule has 1 aromatic heterocycles. The van der Waals surface area contributed by atoms with Gasteiger partial charge in [-0.3, -0.25) is 4.79 Å². The molecule has 0 saturated carbocycles. The standard InChI is InChI=1S/C9H9F3N2O2/c1-5(8(15)16)14-7-4-6(2-3-13-7)9(10,11)12/h2-5H,1H3,(H,13,14)(H,15,16)/t5-/m0/s1. The molecule has 16 heavy (non-hydrogen) atoms. The Labute approximate surface area is 89.1 Å². The first-order valence-electron chi connectivity index (χ1n) is 4.33. The normalized spacial score (nSPS) is 13.2. The SMILES string of the molecule is C[C@H](Nc1cc(C(F)(F)F)ccn1)C(=O)O. The van der Waals surface area contributed by atoms with E-state index in [1.54, 1.807) is 0 Å². The van der Waals surface area contributed by atoms with E-state index < -0.39 is 23.8 Å². The number of rotatable bonds is 3. The highest BCUT2D eigenvalue weighted by atomic mass is 19.4. The average Bonchev–Trinajstić information content (AvgIpc) is 2.16. The largest absolute Gasteiger partial charge is 0.480 e. The molecule has 0 amide bonds. The molecule has 0 spiro atoms. The fourth-order valence-electron chi connectivity index (χ4n) is 0.969. The molecule has 0 radical (unpaired) electrons. The Morgan fingerprint density at radius 1 is 1.56 bits per heavy atom. The molecule has 0 aromatic carbocycles. The Hall–Kier alpha value is -1.79. The number of alkyl halides is 3. The van der Waals surface area contributed by atoms with Crippen LogP contribution in [0.3, 0.4) is 0 Å². The van der Waals surface area contributed by atoms with E-state index in [4.69, 9.17) is 5.11 Å². The average molecular weight is 234 g/mol. The molecule has 0 saturated heterocycles. The fourth-order valence-corrected chi connectivity index (χ4v) is 0.969. The zero-order chi connectivity index (χ0) is 12.3. The third-order valence-corrected chi connectivity index (χ3v) is 1.82. The Morgan fingerprint density at radius 3 is 2.69 bits per heavy atom. The first-order chi connectivity index (χ1) is 7.30. The highest BCUT2D eigenvalue weighted by molar-refractivity contribution is 5.76. The Balaban J connectivity index is 2.87. The van der Waals surface area contributed by atoms with E-state index in [9.17, 15) is 18.0 Å². The van der Waals surface area contributed by atoms with E-state index in [1.807, 2.05) is 0 Å². The summed E-state index contributed by atoms with van der Waals surface area (Å²) in [5.74, 6) is -1.29. The molecule has 1 heterocycles. The van der Waals surface area contributed by atoms with Crippen LogP contribution in [0.5, 0.6) is 0 Å². The molecule has 0 unspecified atom stereocenters. The van der Waals surface area contributed by atoms with Gasteiger partial charge in [0.05, 0.1) is 5.56 Å². The maximum atomic E-state index is 12.3. The van der Waals surface area contributed by atoms with Crippen LogP contribution in [0.4, 0.5) is 19.0 Å². The number of anilines is 1. The molecule has 7 heteroatoms. The minimum atomic E-state index is -4.47. The summed E-state index contributed by atoms with van der Waals surface area (Å²) in [4.78, 5) is 14.1. The molecule has 1 aromatic rings. The summed E-state index contributed by atoms with van der Waals surface area (Å²) >= 11 is 0. The molecule has 4 nitrogen and oxygen atoms in total. The summed E-state index contributed by atoms with van der Waals surface area (Å²) in [5.41, 5.74) is -0.873. The van der Waals surface area contributed by atoms with Crippen LogP contribution in [-0.4, -0.2) is 22.1 Å². The number of carboxylic acids is 1. The van der Waals surface area contributed by atoms with Gasteiger partial charge in [0.2, 0.25) is 0 Å². The van der Waals surface area contributed by atoms with Gasteiger partial charge in [-0.25, -0.2) is 4.98 Å². The second-order valence-electron chi connectivity index (χ2n) is 3.13. The van der Waals surface area contributed by atoms with Crippen LogP contribution >= 0.6 is 0 Å². The minimum Gasteiger partial charge on any atom is -0.480 e. The molecule has 0 aliphatic rings. The van der Waals surface area contributed by atoms with Crippen molar-refractivity contribution in [3.05, 3.63) is 23.9 Å². The third kappa shape index (κ3) is 3.11. The van der Waals surface area contributed by atoms with Crippen LogP contribution in [0.25, 0.3) is 0 Å². The molecule has 0 aliphatic carbocycles. The van der Waals surface area contributed by atoms with Crippen LogP contribution < -0.4 is 5.32 Å². The van der Waals surface area contributed by atoms with Crippen LogP contribution in [0.15, 0.2) is 18.3 Å². The fraction of sp³-hybridized carbons (Fsp3) is 0.333. The number of aliphatic carboxylic acids is 1. The molecular formula is C9H9F3N2O2. The molecular weight excluding hydrogens is 225 g/mol. The number of halogens is 3. The van der Waals surface area contributed by atoms with Crippen LogP contribution in [0.1, 0.15) is 12.5 Å². The van der Waals surface area contributed by atoms with Gasteiger partial charge in [0.25, 0.3) is 0 Å². The third-order valence-electron chi connectivity index (χ3n) is 1.82. The van der Waals surface area contributed by atoms with Gasteiger partial charge in [0, 0.05) is 6.20 Å². The van der Waals surface area contributed by atoms with Gasteiger partial charge in [-0.2, -0.15) is 13.2 Å². The Bertz CT molecular complexity index is 393. The van der Waals surface area contributed by atoms with Gasteiger partial charge in [-0.15, -0.1) is 0 Å². The lowest BCUT2D eigenvalue weighted by molar-refractivity contribution is -0.138. The second kappa shape index (κ2) is 4.38. The Morgan fingerprint density at radius 2 is 2.19 bits per heavy atom. The van der Waals surface area contributed by atoms with Gasteiger partial charge in [0.15, 0.2) is 0 Å². The summed E-state index contributed by atoms with van der Waals surface area (Å²) < 4.78 is 36.9. The van der Waals surface area contributed by atoms with E-state index in [0.717, 1.165) is 18.3 Å². The van der Waals surface area contributed by atoms with Crippen molar-refractivity contribution in [3.8, 4) is 0 Å². The lowest BCUT2D eigenvalue weighted by atomic mass is 10.2. The maximum absolute atomic E-state index is 12.3.